The minimum atomic E-state index is -0.489. The zero-order valence-corrected chi connectivity index (χ0v) is 18.3. The summed E-state index contributed by atoms with van der Waals surface area (Å²) in [4.78, 5) is 31.5. The molecule has 2 aromatic heterocycles. The average molecular weight is 462 g/mol. The third kappa shape index (κ3) is 5.49. The Morgan fingerprint density at radius 3 is 2.79 bits per heavy atom. The van der Waals surface area contributed by atoms with Gasteiger partial charge in [-0.3, -0.25) is 19.9 Å². The predicted molar refractivity (Wildman–Crippen MR) is 128 cm³/mol. The van der Waals surface area contributed by atoms with Gasteiger partial charge in [0.2, 0.25) is 5.91 Å². The summed E-state index contributed by atoms with van der Waals surface area (Å²) in [5.74, 6) is -0.0561. The van der Waals surface area contributed by atoms with E-state index < -0.39 is 4.92 Å². The number of anilines is 3. The van der Waals surface area contributed by atoms with Crippen molar-refractivity contribution in [3.05, 3.63) is 88.8 Å². The molecule has 166 valence electrons. The number of ether oxygens (including phenoxy) is 1. The summed E-state index contributed by atoms with van der Waals surface area (Å²) in [6.45, 7) is 1.90. The van der Waals surface area contributed by atoms with Crippen molar-refractivity contribution in [3.8, 4) is 5.75 Å². The van der Waals surface area contributed by atoms with E-state index >= 15 is 0 Å². The predicted octanol–water partition coefficient (Wildman–Crippen LogP) is 5.44. The SMILES string of the molecule is CC=CC(=O)Nc1ccc2nc(Nc3ccc(OCc4ccccn4)c([N+](=O)[O-])c3)sc2c1. The molecule has 1 amide bonds. The number of nitro benzene ring substituents is 1. The molecule has 4 aromatic rings. The lowest BCUT2D eigenvalue weighted by atomic mass is 10.2. The van der Waals surface area contributed by atoms with E-state index in [1.807, 2.05) is 12.1 Å². The van der Waals surface area contributed by atoms with E-state index in [0.29, 0.717) is 22.2 Å². The Morgan fingerprint density at radius 2 is 2.03 bits per heavy atom. The van der Waals surface area contributed by atoms with Crippen molar-refractivity contribution in [1.82, 2.24) is 9.97 Å². The Balaban J connectivity index is 1.51. The molecule has 0 aliphatic rings. The van der Waals surface area contributed by atoms with Crippen LogP contribution in [0.2, 0.25) is 0 Å². The Labute approximate surface area is 192 Å². The number of fused-ring (bicyclic) bond motifs is 1. The number of pyridine rings is 1. The fraction of sp³-hybridized carbons (Fsp3) is 0.0870. The molecule has 2 aromatic carbocycles. The first-order valence-electron chi connectivity index (χ1n) is 9.94. The Morgan fingerprint density at radius 1 is 1.18 bits per heavy atom. The average Bonchev–Trinajstić information content (AvgIpc) is 3.20. The number of benzene rings is 2. The highest BCUT2D eigenvalue weighted by Crippen LogP contribution is 2.34. The van der Waals surface area contributed by atoms with Gasteiger partial charge in [-0.15, -0.1) is 0 Å². The molecule has 4 rings (SSSR count). The third-order valence-electron chi connectivity index (χ3n) is 4.48. The zero-order chi connectivity index (χ0) is 23.2. The van der Waals surface area contributed by atoms with Gasteiger partial charge in [0.1, 0.15) is 6.61 Å². The number of rotatable bonds is 8. The lowest BCUT2D eigenvalue weighted by Crippen LogP contribution is -2.07. The van der Waals surface area contributed by atoms with Crippen LogP contribution in [0.4, 0.5) is 22.2 Å². The van der Waals surface area contributed by atoms with Crippen LogP contribution < -0.4 is 15.4 Å². The molecule has 0 aliphatic carbocycles. The fourth-order valence-electron chi connectivity index (χ4n) is 3.01. The van der Waals surface area contributed by atoms with E-state index in [2.05, 4.69) is 20.6 Å². The van der Waals surface area contributed by atoms with E-state index in [1.54, 1.807) is 55.6 Å². The molecule has 0 saturated carbocycles. The lowest BCUT2D eigenvalue weighted by molar-refractivity contribution is -0.385. The summed E-state index contributed by atoms with van der Waals surface area (Å²) in [5, 5.41) is 18.0. The van der Waals surface area contributed by atoms with Crippen LogP contribution in [0.3, 0.4) is 0 Å². The van der Waals surface area contributed by atoms with Gasteiger partial charge in [0.15, 0.2) is 10.9 Å². The molecule has 0 unspecified atom stereocenters. The molecule has 0 fully saturated rings. The number of aromatic nitrogens is 2. The van der Waals surface area contributed by atoms with Crippen molar-refractivity contribution in [3.63, 3.8) is 0 Å². The highest BCUT2D eigenvalue weighted by Gasteiger charge is 2.17. The monoisotopic (exact) mass is 461 g/mol. The first-order valence-corrected chi connectivity index (χ1v) is 10.8. The van der Waals surface area contributed by atoms with Gasteiger partial charge in [-0.2, -0.15) is 0 Å². The van der Waals surface area contributed by atoms with Crippen LogP contribution >= 0.6 is 11.3 Å². The highest BCUT2D eigenvalue weighted by atomic mass is 32.1. The first kappa shape index (κ1) is 21.9. The van der Waals surface area contributed by atoms with Gasteiger partial charge in [0.05, 0.1) is 20.8 Å². The first-order chi connectivity index (χ1) is 16.0. The van der Waals surface area contributed by atoms with Gasteiger partial charge in [0, 0.05) is 23.6 Å². The largest absolute Gasteiger partial charge is 0.480 e. The van der Waals surface area contributed by atoms with Crippen LogP contribution in [0.15, 0.2) is 72.9 Å². The maximum Gasteiger partial charge on any atom is 0.313 e. The number of allylic oxidation sites excluding steroid dienone is 1. The molecule has 2 heterocycles. The molecule has 0 spiro atoms. The number of hydrogen-bond donors (Lipinski definition) is 2. The number of nitrogens with zero attached hydrogens (tertiary/aromatic N) is 3. The number of thiazole rings is 1. The summed E-state index contributed by atoms with van der Waals surface area (Å²) in [6, 6.07) is 15.4. The standard InChI is InChI=1S/C23H19N5O4S/c1-2-5-22(29)25-16-7-9-18-21(13-16)33-23(27-18)26-15-8-10-20(19(12-15)28(30)31)32-14-17-6-3-4-11-24-17/h2-13H,14H2,1H3,(H,25,29)(H,26,27). The smallest absolute Gasteiger partial charge is 0.313 e. The molecule has 0 atom stereocenters. The number of carbonyl (C=O) groups excluding carboxylic acids is 1. The summed E-state index contributed by atoms with van der Waals surface area (Å²) in [5.41, 5.74) is 2.42. The molecule has 0 saturated heterocycles. The maximum atomic E-state index is 11.7. The summed E-state index contributed by atoms with van der Waals surface area (Å²) in [7, 11) is 0. The van der Waals surface area contributed by atoms with Crippen LogP contribution in [0.5, 0.6) is 5.75 Å². The van der Waals surface area contributed by atoms with Gasteiger partial charge in [-0.25, -0.2) is 4.98 Å². The molecule has 0 bridgehead atoms. The molecule has 2 N–H and O–H groups in total. The van der Waals surface area contributed by atoms with E-state index in [1.165, 1.54) is 23.5 Å². The number of hydrogen-bond acceptors (Lipinski definition) is 8. The van der Waals surface area contributed by atoms with Crippen LogP contribution in [0, 0.1) is 10.1 Å². The molecule has 0 radical (unpaired) electrons. The molecular weight excluding hydrogens is 442 g/mol. The van der Waals surface area contributed by atoms with E-state index in [4.69, 9.17) is 4.74 Å². The molecule has 33 heavy (non-hydrogen) atoms. The summed E-state index contributed by atoms with van der Waals surface area (Å²) < 4.78 is 6.48. The van der Waals surface area contributed by atoms with E-state index in [-0.39, 0.29) is 24.0 Å². The zero-order valence-electron chi connectivity index (χ0n) is 17.5. The summed E-state index contributed by atoms with van der Waals surface area (Å²) in [6.07, 6.45) is 4.74. The number of nitrogens with one attached hydrogen (secondary N) is 2. The minimum Gasteiger partial charge on any atom is -0.480 e. The Bertz CT molecular complexity index is 1340. The van der Waals surface area contributed by atoms with Crippen molar-refractivity contribution >= 4 is 49.7 Å². The topological polar surface area (TPSA) is 119 Å². The second-order valence-corrected chi connectivity index (χ2v) is 7.90. The van der Waals surface area contributed by atoms with Crippen molar-refractivity contribution in [2.24, 2.45) is 0 Å². The maximum absolute atomic E-state index is 11.7. The molecule has 9 nitrogen and oxygen atoms in total. The van der Waals surface area contributed by atoms with Crippen molar-refractivity contribution in [2.75, 3.05) is 10.6 Å². The van der Waals surface area contributed by atoms with Gasteiger partial charge >= 0.3 is 5.69 Å². The Kier molecular flexibility index (Phi) is 6.56. The number of carbonyl (C=O) groups is 1. The van der Waals surface area contributed by atoms with E-state index in [9.17, 15) is 14.9 Å². The van der Waals surface area contributed by atoms with Crippen molar-refractivity contribution < 1.29 is 14.5 Å². The summed E-state index contributed by atoms with van der Waals surface area (Å²) >= 11 is 1.37. The van der Waals surface area contributed by atoms with Gasteiger partial charge in [-0.05, 0) is 55.5 Å². The lowest BCUT2D eigenvalue weighted by Gasteiger charge is -2.08. The minimum absolute atomic E-state index is 0.124. The van der Waals surface area contributed by atoms with Crippen LogP contribution in [-0.2, 0) is 11.4 Å². The fourth-order valence-corrected chi connectivity index (χ4v) is 3.94. The van der Waals surface area contributed by atoms with Gasteiger partial charge < -0.3 is 15.4 Å². The second kappa shape index (κ2) is 9.88. The normalized spacial score (nSPS) is 10.9. The quantitative estimate of drug-likeness (QED) is 0.204. The van der Waals surface area contributed by atoms with Crippen LogP contribution in [0.25, 0.3) is 10.2 Å². The van der Waals surface area contributed by atoms with Crippen LogP contribution in [0.1, 0.15) is 12.6 Å². The Hall–Kier alpha value is -4.31. The van der Waals surface area contributed by atoms with Gasteiger partial charge in [0.25, 0.3) is 0 Å². The molecular formula is C23H19N5O4S. The van der Waals surface area contributed by atoms with Crippen LogP contribution in [-0.4, -0.2) is 20.8 Å². The van der Waals surface area contributed by atoms with Gasteiger partial charge in [-0.1, -0.05) is 23.5 Å². The third-order valence-corrected chi connectivity index (χ3v) is 5.42. The van der Waals surface area contributed by atoms with Crippen molar-refractivity contribution in [1.29, 1.82) is 0 Å². The number of nitro groups is 1. The molecule has 10 heteroatoms. The number of amides is 1. The van der Waals surface area contributed by atoms with Crippen molar-refractivity contribution in [2.45, 2.75) is 13.5 Å². The second-order valence-electron chi connectivity index (χ2n) is 6.87. The van der Waals surface area contributed by atoms with E-state index in [0.717, 1.165) is 10.2 Å². The molecule has 0 aliphatic heterocycles. The highest BCUT2D eigenvalue weighted by molar-refractivity contribution is 7.22.